The molecule has 2 aromatic rings. The van der Waals surface area contributed by atoms with Crippen LogP contribution in [0.5, 0.6) is 11.5 Å². The molecule has 2 atom stereocenters. The highest BCUT2D eigenvalue weighted by atomic mass is 19.1. The largest absolute Gasteiger partial charge is 0.457 e. The molecule has 1 saturated heterocycles. The van der Waals surface area contributed by atoms with E-state index < -0.39 is 23.9 Å². The fraction of sp³-hybridized carbons (Fsp3) is 0.394. The second kappa shape index (κ2) is 14.1. The Labute approximate surface area is 250 Å². The predicted molar refractivity (Wildman–Crippen MR) is 159 cm³/mol. The van der Waals surface area contributed by atoms with Crippen LogP contribution in [0.2, 0.25) is 0 Å². The van der Waals surface area contributed by atoms with E-state index in [4.69, 9.17) is 4.74 Å². The fourth-order valence-corrected chi connectivity index (χ4v) is 5.46. The van der Waals surface area contributed by atoms with E-state index in [-0.39, 0.29) is 49.9 Å². The Bertz CT molecular complexity index is 1410. The third-order valence-corrected chi connectivity index (χ3v) is 7.91. The molecule has 0 saturated carbocycles. The van der Waals surface area contributed by atoms with E-state index in [1.807, 2.05) is 42.5 Å². The van der Waals surface area contributed by atoms with Gasteiger partial charge in [-0.05, 0) is 61.1 Å². The van der Waals surface area contributed by atoms with Crippen molar-refractivity contribution in [3.05, 3.63) is 83.2 Å². The molecule has 0 aromatic heterocycles. The number of benzene rings is 2. The minimum Gasteiger partial charge on any atom is -0.457 e. The molecule has 9 nitrogen and oxygen atoms in total. The molecule has 2 unspecified atom stereocenters. The normalized spacial score (nSPS) is 21.1. The minimum absolute atomic E-state index is 0.0214. The Balaban J connectivity index is 1.40. The molecule has 226 valence electrons. The second-order valence-corrected chi connectivity index (χ2v) is 11.2. The first-order valence-corrected chi connectivity index (χ1v) is 14.9. The van der Waals surface area contributed by atoms with E-state index in [1.165, 1.54) is 0 Å². The Hall–Kier alpha value is -4.47. The molecule has 1 aliphatic carbocycles. The maximum Gasteiger partial charge on any atom is 0.243 e. The molecule has 4 aliphatic rings. The van der Waals surface area contributed by atoms with Crippen molar-refractivity contribution in [1.29, 1.82) is 0 Å². The number of likely N-dealkylation sites (tertiary alicyclic amines) is 1. The number of aryl methyl sites for hydroxylation is 1. The highest BCUT2D eigenvalue weighted by molar-refractivity contribution is 5.95. The number of ether oxygens (including phenoxy) is 1. The van der Waals surface area contributed by atoms with Gasteiger partial charge < -0.3 is 25.6 Å². The van der Waals surface area contributed by atoms with E-state index in [9.17, 15) is 23.6 Å². The van der Waals surface area contributed by atoms with Gasteiger partial charge in [0.1, 0.15) is 29.4 Å². The van der Waals surface area contributed by atoms with E-state index in [1.54, 1.807) is 23.1 Å². The highest BCUT2D eigenvalue weighted by Gasteiger charge is 2.31. The van der Waals surface area contributed by atoms with Gasteiger partial charge in [-0.15, -0.1) is 0 Å². The van der Waals surface area contributed by atoms with Crippen LogP contribution in [0.25, 0.3) is 0 Å². The Morgan fingerprint density at radius 2 is 1.74 bits per heavy atom. The van der Waals surface area contributed by atoms with Crippen molar-refractivity contribution in [2.24, 2.45) is 0 Å². The van der Waals surface area contributed by atoms with Crippen LogP contribution in [0.3, 0.4) is 0 Å². The molecule has 4 bridgehead atoms. The van der Waals surface area contributed by atoms with Crippen LogP contribution >= 0.6 is 0 Å². The van der Waals surface area contributed by atoms with Gasteiger partial charge >= 0.3 is 0 Å². The van der Waals surface area contributed by atoms with E-state index in [0.717, 1.165) is 24.0 Å². The quantitative estimate of drug-likeness (QED) is 0.493. The second-order valence-electron chi connectivity index (χ2n) is 11.2. The molecule has 4 amide bonds. The first kappa shape index (κ1) is 30.0. The molecule has 10 heteroatoms. The van der Waals surface area contributed by atoms with Crippen LogP contribution < -0.4 is 20.7 Å². The summed E-state index contributed by atoms with van der Waals surface area (Å²) >= 11 is 0. The van der Waals surface area contributed by atoms with Crippen LogP contribution in [-0.4, -0.2) is 60.2 Å². The molecule has 0 radical (unpaired) electrons. The van der Waals surface area contributed by atoms with Gasteiger partial charge in [-0.1, -0.05) is 36.4 Å². The summed E-state index contributed by atoms with van der Waals surface area (Å²) in [7, 11) is 0. The smallest absolute Gasteiger partial charge is 0.243 e. The SMILES string of the molecule is O=C1CCc2cccc(c2)Oc2ccc(cc2)CC(C(=O)NCC2=C(F)CCC=C2)NC(=O)C(CC(=O)N2CCCC2)N1. The Morgan fingerprint density at radius 3 is 2.51 bits per heavy atom. The summed E-state index contributed by atoms with van der Waals surface area (Å²) < 4.78 is 20.3. The van der Waals surface area contributed by atoms with Crippen molar-refractivity contribution in [1.82, 2.24) is 20.9 Å². The summed E-state index contributed by atoms with van der Waals surface area (Å²) in [4.78, 5) is 54.8. The van der Waals surface area contributed by atoms with E-state index in [2.05, 4.69) is 16.0 Å². The van der Waals surface area contributed by atoms with Gasteiger partial charge in [0.25, 0.3) is 0 Å². The number of nitrogens with zero attached hydrogens (tertiary/aromatic N) is 1. The summed E-state index contributed by atoms with van der Waals surface area (Å²) in [6, 6.07) is 12.4. The molecule has 1 fully saturated rings. The van der Waals surface area contributed by atoms with Crippen LogP contribution in [-0.2, 0) is 32.0 Å². The monoisotopic (exact) mass is 588 g/mol. The van der Waals surface area contributed by atoms with Crippen molar-refractivity contribution in [2.75, 3.05) is 19.6 Å². The third kappa shape index (κ3) is 8.30. The van der Waals surface area contributed by atoms with Gasteiger partial charge in [-0.25, -0.2) is 4.39 Å². The Morgan fingerprint density at radius 1 is 0.953 bits per heavy atom. The lowest BCUT2D eigenvalue weighted by Crippen LogP contribution is -2.55. The van der Waals surface area contributed by atoms with Gasteiger partial charge in [0, 0.05) is 44.5 Å². The first-order valence-electron chi connectivity index (χ1n) is 14.9. The van der Waals surface area contributed by atoms with Crippen molar-refractivity contribution >= 4 is 23.6 Å². The number of hydrogen-bond donors (Lipinski definition) is 3. The van der Waals surface area contributed by atoms with Crippen molar-refractivity contribution < 1.29 is 28.3 Å². The molecule has 3 N–H and O–H groups in total. The molecule has 2 aromatic carbocycles. The molecule has 3 heterocycles. The average Bonchev–Trinajstić information content (AvgIpc) is 3.55. The predicted octanol–water partition coefficient (Wildman–Crippen LogP) is 3.64. The van der Waals surface area contributed by atoms with E-state index in [0.29, 0.717) is 43.0 Å². The lowest BCUT2D eigenvalue weighted by atomic mass is 10.0. The number of amides is 4. The number of carbonyl (C=O) groups is 4. The van der Waals surface area contributed by atoms with Gasteiger partial charge in [0.2, 0.25) is 23.6 Å². The van der Waals surface area contributed by atoms with Crippen molar-refractivity contribution in [3.63, 3.8) is 0 Å². The summed E-state index contributed by atoms with van der Waals surface area (Å²) in [5, 5.41) is 8.26. The number of carbonyl (C=O) groups excluding carboxylic acids is 4. The molecular weight excluding hydrogens is 551 g/mol. The summed E-state index contributed by atoms with van der Waals surface area (Å²) in [6.07, 6.45) is 6.60. The van der Waals surface area contributed by atoms with Gasteiger partial charge in [0.05, 0.1) is 6.42 Å². The molecular formula is C33H37FN4O5. The molecule has 43 heavy (non-hydrogen) atoms. The lowest BCUT2D eigenvalue weighted by molar-refractivity contribution is -0.136. The summed E-state index contributed by atoms with van der Waals surface area (Å²) in [6.45, 7) is 1.20. The maximum atomic E-state index is 14.3. The number of halogens is 1. The number of allylic oxidation sites excluding steroid dienone is 2. The summed E-state index contributed by atoms with van der Waals surface area (Å²) in [5.41, 5.74) is 2.03. The Kier molecular flexibility index (Phi) is 9.86. The third-order valence-electron chi connectivity index (χ3n) is 7.91. The maximum absolute atomic E-state index is 14.3. The number of rotatable bonds is 5. The topological polar surface area (TPSA) is 117 Å². The van der Waals surface area contributed by atoms with Gasteiger partial charge in [0.15, 0.2) is 0 Å². The zero-order valence-electron chi connectivity index (χ0n) is 24.1. The lowest BCUT2D eigenvalue weighted by Gasteiger charge is -2.25. The highest BCUT2D eigenvalue weighted by Crippen LogP contribution is 2.24. The van der Waals surface area contributed by atoms with E-state index >= 15 is 0 Å². The van der Waals surface area contributed by atoms with Crippen LogP contribution in [0, 0.1) is 0 Å². The van der Waals surface area contributed by atoms with Gasteiger partial charge in [-0.2, -0.15) is 0 Å². The zero-order valence-corrected chi connectivity index (χ0v) is 24.1. The fourth-order valence-electron chi connectivity index (χ4n) is 5.46. The van der Waals surface area contributed by atoms with Crippen LogP contribution in [0.15, 0.2) is 72.1 Å². The number of hydrogen-bond acceptors (Lipinski definition) is 5. The minimum atomic E-state index is -1.16. The van der Waals surface area contributed by atoms with Crippen LogP contribution in [0.1, 0.15) is 49.7 Å². The number of fused-ring (bicyclic) bond motifs is 10. The van der Waals surface area contributed by atoms with Gasteiger partial charge in [-0.3, -0.25) is 19.2 Å². The standard InChI is InChI=1S/C33H37FN4O5/c34-27-9-2-1-7-24(27)21-35-32(41)28-19-23-10-13-25(14-11-23)43-26-8-5-6-22(18-26)12-15-30(39)36-29(33(42)37-28)20-31(40)38-16-3-4-17-38/h1,5-8,10-11,13-14,18,28-29H,2-4,9,12,15-17,19-21H2,(H,35,41)(H,36,39)(H,37,42). The zero-order chi connectivity index (χ0) is 30.2. The molecule has 3 aliphatic heterocycles. The molecule has 6 rings (SSSR count). The van der Waals surface area contributed by atoms with Crippen LogP contribution in [0.4, 0.5) is 4.39 Å². The molecule has 0 spiro atoms. The number of nitrogens with one attached hydrogen (secondary N) is 3. The summed E-state index contributed by atoms with van der Waals surface area (Å²) in [5.74, 6) is -0.796. The first-order chi connectivity index (χ1) is 20.8. The van der Waals surface area contributed by atoms with Crippen molar-refractivity contribution in [2.45, 2.75) is 63.5 Å². The average molecular weight is 589 g/mol. The van der Waals surface area contributed by atoms with Crippen molar-refractivity contribution in [3.8, 4) is 11.5 Å².